The number of rotatable bonds is 7. The number of hydrogen-bond acceptors (Lipinski definition) is 11. The van der Waals surface area contributed by atoms with Gasteiger partial charge in [-0.3, -0.25) is 4.90 Å². The monoisotopic (exact) mass is 685 g/mol. The molecule has 7 heterocycles. The Morgan fingerprint density at radius 1 is 1.12 bits per heavy atom. The molecule has 4 N–H and O–H groups in total. The summed E-state index contributed by atoms with van der Waals surface area (Å²) in [6, 6.07) is 7.27. The van der Waals surface area contributed by atoms with Crippen molar-refractivity contribution in [3.63, 3.8) is 0 Å². The summed E-state index contributed by atoms with van der Waals surface area (Å²) in [5, 5.41) is 0.646. The minimum absolute atomic E-state index is 0.0668. The third-order valence-electron chi connectivity index (χ3n) is 10.5. The number of nitrogens with two attached hydrogens (primary N) is 2. The fourth-order valence-corrected chi connectivity index (χ4v) is 8.20. The van der Waals surface area contributed by atoms with Gasteiger partial charge in [-0.15, -0.1) is 0 Å². The van der Waals surface area contributed by atoms with Crippen LogP contribution in [0, 0.1) is 11.6 Å². The van der Waals surface area contributed by atoms with Crippen molar-refractivity contribution in [2.75, 3.05) is 42.7 Å². The molecule has 5 aromatic rings. The molecule has 3 aliphatic heterocycles. The zero-order valence-electron chi connectivity index (χ0n) is 28.1. The fraction of sp³-hybridized carbons (Fsp3) is 0.417. The van der Waals surface area contributed by atoms with Crippen LogP contribution < -0.4 is 25.8 Å². The Kier molecular flexibility index (Phi) is 7.81. The van der Waals surface area contributed by atoms with E-state index in [1.165, 1.54) is 18.2 Å². The molecule has 2 fully saturated rings. The number of nitrogens with zero attached hydrogens (tertiary/aromatic N) is 7. The number of pyridine rings is 3. The molecule has 1 aromatic carbocycles. The summed E-state index contributed by atoms with van der Waals surface area (Å²) in [4.78, 5) is 27.1. The van der Waals surface area contributed by atoms with E-state index >= 15 is 8.78 Å². The molecule has 0 bridgehead atoms. The number of nitrogen functional groups attached to an aromatic ring is 2. The average Bonchev–Trinajstić information content (AvgIpc) is 3.58. The maximum Gasteiger partial charge on any atom is 0.319 e. The van der Waals surface area contributed by atoms with Gasteiger partial charge in [-0.2, -0.15) is 9.97 Å². The Morgan fingerprint density at radius 2 is 1.96 bits per heavy atom. The number of alkyl halides is 1. The van der Waals surface area contributed by atoms with Gasteiger partial charge in [0.25, 0.3) is 0 Å². The lowest BCUT2D eigenvalue weighted by Crippen LogP contribution is -2.43. The summed E-state index contributed by atoms with van der Waals surface area (Å²) < 4.78 is 59.7. The molecule has 8 rings (SSSR count). The maximum atomic E-state index is 17.3. The first-order valence-corrected chi connectivity index (χ1v) is 17.0. The van der Waals surface area contributed by atoms with Gasteiger partial charge in [-0.05, 0) is 69.5 Å². The van der Waals surface area contributed by atoms with Crippen molar-refractivity contribution in [2.45, 2.75) is 70.2 Å². The van der Waals surface area contributed by atoms with Gasteiger partial charge in [0.2, 0.25) is 5.88 Å². The van der Waals surface area contributed by atoms with E-state index < -0.39 is 23.3 Å². The second-order valence-corrected chi connectivity index (χ2v) is 13.6. The summed E-state index contributed by atoms with van der Waals surface area (Å²) >= 11 is 0. The molecule has 14 heteroatoms. The number of halogens is 3. The van der Waals surface area contributed by atoms with Crippen molar-refractivity contribution in [3.05, 3.63) is 59.3 Å². The van der Waals surface area contributed by atoms with Crippen LogP contribution in [0.25, 0.3) is 33.1 Å². The van der Waals surface area contributed by atoms with Gasteiger partial charge >= 0.3 is 6.01 Å². The lowest BCUT2D eigenvalue weighted by atomic mass is 9.95. The van der Waals surface area contributed by atoms with Crippen LogP contribution in [-0.4, -0.2) is 73.9 Å². The van der Waals surface area contributed by atoms with E-state index in [0.29, 0.717) is 47.5 Å². The van der Waals surface area contributed by atoms with Crippen LogP contribution in [0.5, 0.6) is 11.9 Å². The number of aromatic nitrogens is 5. The zero-order valence-corrected chi connectivity index (χ0v) is 28.1. The molecular weight excluding hydrogens is 647 g/mol. The molecule has 3 aliphatic rings. The number of ether oxygens (including phenoxy) is 2. The standard InChI is InChI=1S/C36H38F3N9O2/c1-4-21-24(38)8-9-25-27(21)23(13-26(40)43-25)30-29(39)31-28-33(46-35(45-31)50-17-36-10-6-12-47(36)15-20(37)14-36)48(18(2)16-49-34(28)44-30)19(3)22-7-5-11-42-32(22)41/h5,7-9,11,13,18-20H,4,6,10,12,14-17H2,1-3H3,(H2,40,43)(H2,41,42)/t18-,19+,20+,36-/m0/s1. The highest BCUT2D eigenvalue weighted by Crippen LogP contribution is 2.45. The van der Waals surface area contributed by atoms with Crippen molar-refractivity contribution in [3.8, 4) is 23.1 Å². The topological polar surface area (TPSA) is 141 Å². The van der Waals surface area contributed by atoms with Crippen molar-refractivity contribution in [1.29, 1.82) is 0 Å². The Morgan fingerprint density at radius 3 is 2.76 bits per heavy atom. The van der Waals surface area contributed by atoms with Crippen LogP contribution in [0.2, 0.25) is 0 Å². The van der Waals surface area contributed by atoms with Gasteiger partial charge in [-0.1, -0.05) is 13.0 Å². The van der Waals surface area contributed by atoms with Crippen LogP contribution >= 0.6 is 0 Å². The van der Waals surface area contributed by atoms with E-state index in [9.17, 15) is 4.39 Å². The number of hydrogen-bond donors (Lipinski definition) is 2. The molecule has 0 radical (unpaired) electrons. The smallest absolute Gasteiger partial charge is 0.319 e. The van der Waals surface area contributed by atoms with E-state index in [1.807, 2.05) is 31.7 Å². The molecule has 0 amide bonds. The number of fused-ring (bicyclic) bond motifs is 2. The quantitative estimate of drug-likeness (QED) is 0.210. The van der Waals surface area contributed by atoms with Gasteiger partial charge in [0.1, 0.15) is 59.3 Å². The lowest BCUT2D eigenvalue weighted by molar-refractivity contribution is 0.107. The molecule has 11 nitrogen and oxygen atoms in total. The molecule has 0 spiro atoms. The summed E-state index contributed by atoms with van der Waals surface area (Å²) in [7, 11) is 0. The number of aryl methyl sites for hydroxylation is 1. The van der Waals surface area contributed by atoms with Crippen LogP contribution in [0.1, 0.15) is 57.2 Å². The number of anilines is 3. The van der Waals surface area contributed by atoms with Crippen LogP contribution in [0.15, 0.2) is 36.5 Å². The predicted octanol–water partition coefficient (Wildman–Crippen LogP) is 5.94. The van der Waals surface area contributed by atoms with E-state index in [-0.39, 0.29) is 65.2 Å². The van der Waals surface area contributed by atoms with E-state index in [2.05, 4.69) is 19.9 Å². The van der Waals surface area contributed by atoms with Crippen LogP contribution in [0.3, 0.4) is 0 Å². The normalized spacial score (nSPS) is 22.5. The van der Waals surface area contributed by atoms with Gasteiger partial charge < -0.3 is 25.8 Å². The highest BCUT2D eigenvalue weighted by atomic mass is 19.1. The SMILES string of the molecule is CCc1c(F)ccc2nc(N)cc(-c3nc4c5c(nc(OC[C@@]67CCCN6C[C@H](F)C7)nc5c3F)N([C@H](C)c3cccnc3N)[C@@H](C)CO4)c12. The van der Waals surface area contributed by atoms with Crippen molar-refractivity contribution in [1.82, 2.24) is 29.8 Å². The lowest BCUT2D eigenvalue weighted by Gasteiger charge is -2.35. The second-order valence-electron chi connectivity index (χ2n) is 13.6. The third kappa shape index (κ3) is 5.10. The second kappa shape index (κ2) is 12.1. The van der Waals surface area contributed by atoms with Gasteiger partial charge in [0.05, 0.1) is 23.1 Å². The molecule has 0 unspecified atom stereocenters. The van der Waals surface area contributed by atoms with Gasteiger partial charge in [0.15, 0.2) is 5.82 Å². The summed E-state index contributed by atoms with van der Waals surface area (Å²) in [5.41, 5.74) is 13.6. The third-order valence-corrected chi connectivity index (χ3v) is 10.5. The minimum atomic E-state index is -0.950. The molecule has 0 aliphatic carbocycles. The molecule has 2 saturated heterocycles. The first kappa shape index (κ1) is 32.2. The van der Waals surface area contributed by atoms with Gasteiger partial charge in [-0.25, -0.2) is 28.1 Å². The van der Waals surface area contributed by atoms with Gasteiger partial charge in [0, 0.05) is 35.7 Å². The minimum Gasteiger partial charge on any atom is -0.475 e. The summed E-state index contributed by atoms with van der Waals surface area (Å²) in [5.74, 6) is -0.316. The Labute approximate surface area is 286 Å². The zero-order chi connectivity index (χ0) is 34.9. The van der Waals surface area contributed by atoms with Crippen molar-refractivity contribution >= 4 is 39.3 Å². The average molecular weight is 686 g/mol. The molecule has 4 atom stereocenters. The molecule has 50 heavy (non-hydrogen) atoms. The molecule has 260 valence electrons. The Bertz CT molecular complexity index is 2150. The van der Waals surface area contributed by atoms with Crippen molar-refractivity contribution < 1.29 is 22.6 Å². The van der Waals surface area contributed by atoms with E-state index in [1.54, 1.807) is 12.3 Å². The molecular formula is C36H38F3N9O2. The van der Waals surface area contributed by atoms with Crippen molar-refractivity contribution in [2.24, 2.45) is 0 Å². The van der Waals surface area contributed by atoms with Crippen LogP contribution in [-0.2, 0) is 6.42 Å². The van der Waals surface area contributed by atoms with Crippen LogP contribution in [0.4, 0.5) is 30.6 Å². The Hall–Kier alpha value is -4.98. The molecule has 4 aromatic heterocycles. The van der Waals surface area contributed by atoms with E-state index in [0.717, 1.165) is 24.9 Å². The highest BCUT2D eigenvalue weighted by molar-refractivity contribution is 6.02. The first-order chi connectivity index (χ1) is 24.1. The maximum absolute atomic E-state index is 17.3. The largest absolute Gasteiger partial charge is 0.475 e. The predicted molar refractivity (Wildman–Crippen MR) is 185 cm³/mol. The summed E-state index contributed by atoms with van der Waals surface area (Å²) in [6.45, 7) is 7.19. The first-order valence-electron chi connectivity index (χ1n) is 17.0. The van der Waals surface area contributed by atoms with E-state index in [4.69, 9.17) is 30.9 Å². The fourth-order valence-electron chi connectivity index (χ4n) is 8.20. The molecule has 0 saturated carbocycles. The summed E-state index contributed by atoms with van der Waals surface area (Å²) in [6.07, 6.45) is 3.05. The Balaban J connectivity index is 1.36. The number of benzene rings is 1. The highest BCUT2D eigenvalue weighted by Gasteiger charge is 2.49.